The molecule has 4 atom stereocenters. The molecule has 72 heavy (non-hydrogen) atoms. The summed E-state index contributed by atoms with van der Waals surface area (Å²) in [6, 6.07) is -1.01. The van der Waals surface area contributed by atoms with Gasteiger partial charge in [0.25, 0.3) is 0 Å². The maximum Gasteiger partial charge on any atom is 0.249 e. The van der Waals surface area contributed by atoms with E-state index >= 15 is 0 Å². The molecule has 0 aliphatic heterocycles. The summed E-state index contributed by atoms with van der Waals surface area (Å²) in [6.45, 7) is 4.08. The molecule has 0 radical (unpaired) electrons. The fourth-order valence-corrected chi connectivity index (χ4v) is 10.2. The molecule has 0 rings (SSSR count). The molecule has 4 unspecified atom stereocenters. The summed E-state index contributed by atoms with van der Waals surface area (Å²) in [5.41, 5.74) is 0. The number of hydrogen-bond acceptors (Lipinski definition) is 5. The third kappa shape index (κ3) is 53.4. The average molecular weight is 1010 g/mol. The molecule has 0 saturated carbocycles. The lowest BCUT2D eigenvalue weighted by Gasteiger charge is -2.27. The topological polar surface area (TPSA) is 110 Å². The smallest absolute Gasteiger partial charge is 0.249 e. The summed E-state index contributed by atoms with van der Waals surface area (Å²) >= 11 is 0. The van der Waals surface area contributed by atoms with Gasteiger partial charge in [-0.1, -0.05) is 307 Å². The second-order valence-corrected chi connectivity index (χ2v) is 22.4. The maximum atomic E-state index is 12.6. The minimum absolute atomic E-state index is 0.357. The molecule has 0 aromatic rings. The normalized spacial score (nSPS) is 13.8. The molecule has 0 fully saturated rings. The Morgan fingerprint density at radius 2 is 0.583 bits per heavy atom. The zero-order valence-corrected chi connectivity index (χ0v) is 48.4. The average Bonchev–Trinajstić information content (AvgIpc) is 3.39. The van der Waals surface area contributed by atoms with E-state index in [1.807, 2.05) is 0 Å². The number of hydrogen-bond donors (Lipinski definition) is 5. The lowest BCUT2D eigenvalue weighted by atomic mass is 10.00. The van der Waals surface area contributed by atoms with E-state index in [9.17, 15) is 25.2 Å². The quantitative estimate of drug-likeness (QED) is 0.0308. The van der Waals surface area contributed by atoms with Crippen molar-refractivity contribution >= 4 is 5.91 Å². The Labute approximate surface area is 449 Å². The van der Waals surface area contributed by atoms with Gasteiger partial charge in [-0.3, -0.25) is 4.79 Å². The number of unbranched alkanes of at least 4 members (excludes halogenated alkanes) is 45. The van der Waals surface area contributed by atoms with Crippen molar-refractivity contribution < 1.29 is 25.2 Å². The van der Waals surface area contributed by atoms with E-state index in [-0.39, 0.29) is 0 Å². The van der Waals surface area contributed by atoms with Crippen LogP contribution in [0, 0.1) is 0 Å². The molecule has 426 valence electrons. The van der Waals surface area contributed by atoms with E-state index < -0.39 is 36.9 Å². The molecule has 0 aliphatic rings. The number of carbonyl (C=O) groups is 1. The third-order valence-corrected chi connectivity index (χ3v) is 15.3. The van der Waals surface area contributed by atoms with Crippen LogP contribution in [-0.4, -0.2) is 57.3 Å². The van der Waals surface area contributed by atoms with Crippen molar-refractivity contribution in [3.05, 3.63) is 36.5 Å². The molecule has 5 N–H and O–H groups in total. The largest absolute Gasteiger partial charge is 0.394 e. The highest BCUT2D eigenvalue weighted by molar-refractivity contribution is 5.80. The van der Waals surface area contributed by atoms with Crippen LogP contribution in [0.4, 0.5) is 0 Å². The van der Waals surface area contributed by atoms with Gasteiger partial charge < -0.3 is 25.7 Å². The molecule has 0 spiro atoms. The fraction of sp³-hybridized carbons (Fsp3) is 0.894. The van der Waals surface area contributed by atoms with Crippen molar-refractivity contribution in [1.82, 2.24) is 5.32 Å². The minimum Gasteiger partial charge on any atom is -0.394 e. The van der Waals surface area contributed by atoms with E-state index in [1.54, 1.807) is 0 Å². The lowest BCUT2D eigenvalue weighted by Crippen LogP contribution is -2.53. The molecule has 0 saturated heterocycles. The maximum absolute atomic E-state index is 12.6. The van der Waals surface area contributed by atoms with Crippen LogP contribution < -0.4 is 5.32 Å². The predicted molar refractivity (Wildman–Crippen MR) is 316 cm³/mol. The van der Waals surface area contributed by atoms with Crippen molar-refractivity contribution in [2.75, 3.05) is 6.61 Å². The lowest BCUT2D eigenvalue weighted by molar-refractivity contribution is -0.132. The Hall–Kier alpha value is -1.47. The number of aliphatic hydroxyl groups excluding tert-OH is 4. The standard InChI is InChI=1S/C66H127NO5/c1-3-5-7-9-11-13-15-17-19-21-23-25-27-29-30-31-32-33-34-35-36-38-39-41-43-45-47-49-51-53-55-57-59-63(69)65(71)62(61-68)67-66(72)64(70)60-58-56-54-52-50-48-46-44-42-40-37-28-26-24-22-20-18-16-14-12-10-8-6-4-2/h37,40,43,45,51,53,62-65,68-71H,3-36,38-39,41-42,44,46-50,52,54-61H2,1-2H3,(H,67,72)/b40-37-,45-43+,53-51+. The number of nitrogens with one attached hydrogen (secondary N) is 1. The first-order chi connectivity index (χ1) is 35.5. The summed E-state index contributed by atoms with van der Waals surface area (Å²) in [6.07, 6.45) is 76.8. The van der Waals surface area contributed by atoms with Crippen molar-refractivity contribution in [2.24, 2.45) is 0 Å². The summed E-state index contributed by atoms with van der Waals surface area (Å²) < 4.78 is 0. The summed E-state index contributed by atoms with van der Waals surface area (Å²) in [5.74, 6) is -0.596. The Balaban J connectivity index is 3.63. The van der Waals surface area contributed by atoms with Gasteiger partial charge in [0.2, 0.25) is 5.91 Å². The van der Waals surface area contributed by atoms with E-state index in [0.29, 0.717) is 19.3 Å². The highest BCUT2D eigenvalue weighted by Crippen LogP contribution is 2.18. The second-order valence-electron chi connectivity index (χ2n) is 22.4. The summed E-state index contributed by atoms with van der Waals surface area (Å²) in [4.78, 5) is 12.6. The fourth-order valence-electron chi connectivity index (χ4n) is 10.2. The van der Waals surface area contributed by atoms with Crippen LogP contribution in [0.25, 0.3) is 0 Å². The van der Waals surface area contributed by atoms with E-state index in [4.69, 9.17) is 0 Å². The molecular formula is C66H127NO5. The van der Waals surface area contributed by atoms with Crippen LogP contribution in [-0.2, 0) is 4.79 Å². The van der Waals surface area contributed by atoms with Crippen molar-refractivity contribution in [1.29, 1.82) is 0 Å². The van der Waals surface area contributed by atoms with Gasteiger partial charge in [0, 0.05) is 0 Å². The number of allylic oxidation sites excluding steroid dienone is 6. The molecule has 0 aliphatic carbocycles. The number of rotatable bonds is 60. The monoisotopic (exact) mass is 1010 g/mol. The molecule has 6 heteroatoms. The van der Waals surface area contributed by atoms with Gasteiger partial charge in [0.15, 0.2) is 0 Å². The zero-order chi connectivity index (χ0) is 52.3. The Morgan fingerprint density at radius 3 is 0.875 bits per heavy atom. The van der Waals surface area contributed by atoms with Crippen LogP contribution in [0.2, 0.25) is 0 Å². The van der Waals surface area contributed by atoms with Crippen molar-refractivity contribution in [2.45, 2.75) is 372 Å². The molecule has 6 nitrogen and oxygen atoms in total. The molecule has 0 aromatic carbocycles. The van der Waals surface area contributed by atoms with E-state index in [2.05, 4.69) is 55.6 Å². The molecule has 0 aromatic heterocycles. The van der Waals surface area contributed by atoms with Crippen LogP contribution >= 0.6 is 0 Å². The van der Waals surface area contributed by atoms with E-state index in [0.717, 1.165) is 38.5 Å². The van der Waals surface area contributed by atoms with Crippen LogP contribution in [0.3, 0.4) is 0 Å². The van der Waals surface area contributed by atoms with Gasteiger partial charge in [-0.05, 0) is 77.0 Å². The van der Waals surface area contributed by atoms with Crippen molar-refractivity contribution in [3.8, 4) is 0 Å². The first-order valence-electron chi connectivity index (χ1n) is 32.4. The Kier molecular flexibility index (Phi) is 59.2. The Bertz CT molecular complexity index is 1140. The molecular weight excluding hydrogens is 887 g/mol. The Morgan fingerprint density at radius 1 is 0.333 bits per heavy atom. The van der Waals surface area contributed by atoms with Gasteiger partial charge >= 0.3 is 0 Å². The summed E-state index contributed by atoms with van der Waals surface area (Å²) in [7, 11) is 0. The number of amides is 1. The van der Waals surface area contributed by atoms with E-state index in [1.165, 1.54) is 276 Å². The number of aliphatic hydroxyl groups is 4. The summed E-state index contributed by atoms with van der Waals surface area (Å²) in [5, 5.41) is 44.1. The van der Waals surface area contributed by atoms with Crippen LogP contribution in [0.15, 0.2) is 36.5 Å². The molecule has 0 heterocycles. The van der Waals surface area contributed by atoms with Crippen LogP contribution in [0.1, 0.15) is 348 Å². The van der Waals surface area contributed by atoms with Gasteiger partial charge in [-0.2, -0.15) is 0 Å². The first kappa shape index (κ1) is 70.5. The molecule has 1 amide bonds. The second kappa shape index (κ2) is 60.4. The minimum atomic E-state index is -1.29. The van der Waals surface area contributed by atoms with Gasteiger partial charge in [0.1, 0.15) is 12.2 Å². The number of carbonyl (C=O) groups excluding carboxylic acids is 1. The van der Waals surface area contributed by atoms with Crippen LogP contribution in [0.5, 0.6) is 0 Å². The predicted octanol–water partition coefficient (Wildman–Crippen LogP) is 19.5. The highest BCUT2D eigenvalue weighted by atomic mass is 16.3. The van der Waals surface area contributed by atoms with Crippen molar-refractivity contribution in [3.63, 3.8) is 0 Å². The first-order valence-corrected chi connectivity index (χ1v) is 32.4. The zero-order valence-electron chi connectivity index (χ0n) is 48.4. The highest BCUT2D eigenvalue weighted by Gasteiger charge is 2.28. The van der Waals surface area contributed by atoms with Gasteiger partial charge in [-0.25, -0.2) is 0 Å². The SMILES string of the molecule is CCCCCCCCCCCCCC/C=C\CCCCCCCCCCC(O)C(=O)NC(CO)C(O)C(O)CCC/C=C/CC/C=C/CCCCCCCCCCCCCCCCCCCCCCCCC. The van der Waals surface area contributed by atoms with Gasteiger partial charge in [0.05, 0.1) is 18.8 Å². The third-order valence-electron chi connectivity index (χ3n) is 15.3. The molecule has 0 bridgehead atoms. The van der Waals surface area contributed by atoms with Gasteiger partial charge in [-0.15, -0.1) is 0 Å².